The predicted octanol–water partition coefficient (Wildman–Crippen LogP) is 1.98. The van der Waals surface area contributed by atoms with Crippen LogP contribution >= 0.6 is 0 Å². The highest BCUT2D eigenvalue weighted by Gasteiger charge is 2.02. The minimum Gasteiger partial charge on any atom is -0.350 e. The topological polar surface area (TPSA) is 58.2 Å². The Morgan fingerprint density at radius 2 is 1.71 bits per heavy atom. The molecule has 0 aliphatic rings. The molecule has 2 rings (SSSR count). The van der Waals surface area contributed by atoms with Gasteiger partial charge in [-0.25, -0.2) is 4.39 Å². The Labute approximate surface area is 140 Å². The van der Waals surface area contributed by atoms with E-state index in [0.717, 1.165) is 11.1 Å². The maximum atomic E-state index is 13.5. The van der Waals surface area contributed by atoms with Crippen molar-refractivity contribution in [3.63, 3.8) is 0 Å². The maximum Gasteiger partial charge on any atom is 0.239 e. The van der Waals surface area contributed by atoms with Gasteiger partial charge in [-0.15, -0.1) is 0 Å². The molecule has 0 aromatic heterocycles. The van der Waals surface area contributed by atoms with Crippen LogP contribution in [0.4, 0.5) is 4.39 Å². The first kappa shape index (κ1) is 17.2. The molecular formula is C19H17FN2O2. The van der Waals surface area contributed by atoms with Crippen LogP contribution in [0.2, 0.25) is 0 Å². The Morgan fingerprint density at radius 1 is 1.00 bits per heavy atom. The number of amides is 2. The van der Waals surface area contributed by atoms with Gasteiger partial charge in [0, 0.05) is 19.0 Å². The van der Waals surface area contributed by atoms with Crippen molar-refractivity contribution in [3.05, 3.63) is 71.0 Å². The monoisotopic (exact) mass is 324 g/mol. The van der Waals surface area contributed by atoms with Crippen molar-refractivity contribution in [2.45, 2.75) is 13.5 Å². The summed E-state index contributed by atoms with van der Waals surface area (Å²) in [7, 11) is 0. The molecular weight excluding hydrogens is 307 g/mol. The molecule has 122 valence electrons. The molecule has 0 aliphatic carbocycles. The molecule has 0 heterocycles. The van der Waals surface area contributed by atoms with Crippen molar-refractivity contribution in [2.75, 3.05) is 6.54 Å². The second kappa shape index (κ2) is 8.49. The Hall–Kier alpha value is -3.13. The van der Waals surface area contributed by atoms with Crippen molar-refractivity contribution in [3.8, 4) is 11.8 Å². The van der Waals surface area contributed by atoms with Crippen LogP contribution in [0.5, 0.6) is 0 Å². The summed E-state index contributed by atoms with van der Waals surface area (Å²) in [5.74, 6) is 4.85. The fourth-order valence-corrected chi connectivity index (χ4v) is 1.88. The second-order valence-corrected chi connectivity index (χ2v) is 5.11. The highest BCUT2D eigenvalue weighted by molar-refractivity contribution is 5.83. The molecule has 5 heteroatoms. The summed E-state index contributed by atoms with van der Waals surface area (Å²) >= 11 is 0. The smallest absolute Gasteiger partial charge is 0.239 e. The Kier molecular flexibility index (Phi) is 6.09. The molecule has 0 saturated carbocycles. The standard InChI is InChI=1S/C19H17FN2O2/c1-14(23)21-13-19(24)22-12-16-8-6-15(7-9-16)10-11-17-4-2-3-5-18(17)20/h2-9H,12-13H2,1H3,(H,21,23)(H,22,24). The van der Waals surface area contributed by atoms with E-state index in [1.807, 2.05) is 24.3 Å². The van der Waals surface area contributed by atoms with E-state index in [4.69, 9.17) is 0 Å². The summed E-state index contributed by atoms with van der Waals surface area (Å²) in [6.07, 6.45) is 0. The van der Waals surface area contributed by atoms with Crippen molar-refractivity contribution in [2.24, 2.45) is 0 Å². The third kappa shape index (κ3) is 5.58. The van der Waals surface area contributed by atoms with Crippen molar-refractivity contribution < 1.29 is 14.0 Å². The predicted molar refractivity (Wildman–Crippen MR) is 89.4 cm³/mol. The van der Waals surface area contributed by atoms with Crippen molar-refractivity contribution >= 4 is 11.8 Å². The summed E-state index contributed by atoms with van der Waals surface area (Å²) in [4.78, 5) is 22.2. The summed E-state index contributed by atoms with van der Waals surface area (Å²) in [5, 5.41) is 5.13. The molecule has 0 fully saturated rings. The number of halogens is 1. The van der Waals surface area contributed by atoms with Gasteiger partial charge in [-0.3, -0.25) is 9.59 Å². The molecule has 2 aromatic rings. The molecule has 0 aliphatic heterocycles. The lowest BCUT2D eigenvalue weighted by atomic mass is 10.1. The minimum absolute atomic E-state index is 0.0401. The number of carbonyl (C=O) groups excluding carboxylic acids is 2. The third-order valence-electron chi connectivity index (χ3n) is 3.16. The first-order chi connectivity index (χ1) is 11.5. The zero-order valence-corrected chi connectivity index (χ0v) is 13.2. The number of carbonyl (C=O) groups is 2. The molecule has 0 saturated heterocycles. The van der Waals surface area contributed by atoms with Gasteiger partial charge in [-0.2, -0.15) is 0 Å². The van der Waals surface area contributed by atoms with Crippen molar-refractivity contribution in [1.82, 2.24) is 10.6 Å². The van der Waals surface area contributed by atoms with Crippen LogP contribution in [0, 0.1) is 17.7 Å². The van der Waals surface area contributed by atoms with E-state index >= 15 is 0 Å². The fraction of sp³-hybridized carbons (Fsp3) is 0.158. The van der Waals surface area contributed by atoms with Gasteiger partial charge in [0.25, 0.3) is 0 Å². The van der Waals surface area contributed by atoms with Gasteiger partial charge in [0.15, 0.2) is 0 Å². The molecule has 0 spiro atoms. The first-order valence-electron chi connectivity index (χ1n) is 7.41. The van der Waals surface area contributed by atoms with E-state index in [1.54, 1.807) is 18.2 Å². The number of rotatable bonds is 4. The number of hydrogen-bond acceptors (Lipinski definition) is 2. The average Bonchev–Trinajstić information content (AvgIpc) is 2.58. The molecule has 0 radical (unpaired) electrons. The molecule has 0 unspecified atom stereocenters. The van der Waals surface area contributed by atoms with Crippen LogP contribution in [-0.2, 0) is 16.1 Å². The molecule has 0 bridgehead atoms. The number of hydrogen-bond donors (Lipinski definition) is 2. The molecule has 24 heavy (non-hydrogen) atoms. The van der Waals surface area contributed by atoms with Crippen LogP contribution in [-0.4, -0.2) is 18.4 Å². The van der Waals surface area contributed by atoms with Gasteiger partial charge in [0.05, 0.1) is 12.1 Å². The lowest BCUT2D eigenvalue weighted by Gasteiger charge is -2.05. The lowest BCUT2D eigenvalue weighted by Crippen LogP contribution is -2.35. The van der Waals surface area contributed by atoms with E-state index in [1.165, 1.54) is 13.0 Å². The fourth-order valence-electron chi connectivity index (χ4n) is 1.88. The summed E-state index contributed by atoms with van der Waals surface area (Å²) in [5.41, 5.74) is 2.01. The zero-order valence-electron chi connectivity index (χ0n) is 13.2. The van der Waals surface area contributed by atoms with E-state index in [-0.39, 0.29) is 24.2 Å². The van der Waals surface area contributed by atoms with Gasteiger partial charge >= 0.3 is 0 Å². The summed E-state index contributed by atoms with van der Waals surface area (Å²) < 4.78 is 13.5. The second-order valence-electron chi connectivity index (χ2n) is 5.11. The Balaban J connectivity index is 1.91. The van der Waals surface area contributed by atoms with E-state index < -0.39 is 0 Å². The van der Waals surface area contributed by atoms with Gasteiger partial charge in [-0.05, 0) is 29.8 Å². The summed E-state index contributed by atoms with van der Waals surface area (Å²) in [6, 6.07) is 13.6. The van der Waals surface area contributed by atoms with Gasteiger partial charge < -0.3 is 10.6 Å². The largest absolute Gasteiger partial charge is 0.350 e. The molecule has 2 amide bonds. The van der Waals surface area contributed by atoms with Crippen LogP contribution < -0.4 is 10.6 Å². The highest BCUT2D eigenvalue weighted by atomic mass is 19.1. The molecule has 2 N–H and O–H groups in total. The number of benzene rings is 2. The average molecular weight is 324 g/mol. The van der Waals surface area contributed by atoms with Gasteiger partial charge in [0.2, 0.25) is 11.8 Å². The minimum atomic E-state index is -0.344. The molecule has 0 atom stereocenters. The van der Waals surface area contributed by atoms with Gasteiger partial charge in [-0.1, -0.05) is 36.1 Å². The lowest BCUT2D eigenvalue weighted by molar-refractivity contribution is -0.125. The van der Waals surface area contributed by atoms with Gasteiger partial charge in [0.1, 0.15) is 5.82 Å². The molecule has 2 aromatic carbocycles. The van der Waals surface area contributed by atoms with E-state index in [9.17, 15) is 14.0 Å². The first-order valence-corrected chi connectivity index (χ1v) is 7.41. The Morgan fingerprint density at radius 3 is 2.38 bits per heavy atom. The van der Waals surface area contributed by atoms with E-state index in [2.05, 4.69) is 22.5 Å². The maximum absolute atomic E-state index is 13.5. The molecule has 4 nitrogen and oxygen atoms in total. The summed E-state index contributed by atoms with van der Waals surface area (Å²) in [6.45, 7) is 1.68. The quantitative estimate of drug-likeness (QED) is 0.845. The van der Waals surface area contributed by atoms with Crippen molar-refractivity contribution in [1.29, 1.82) is 0 Å². The third-order valence-corrected chi connectivity index (χ3v) is 3.16. The van der Waals surface area contributed by atoms with Crippen LogP contribution in [0.3, 0.4) is 0 Å². The van der Waals surface area contributed by atoms with E-state index in [0.29, 0.717) is 12.1 Å². The van der Waals surface area contributed by atoms with Crippen LogP contribution in [0.15, 0.2) is 48.5 Å². The normalized spacial score (nSPS) is 9.58. The van der Waals surface area contributed by atoms with Crippen LogP contribution in [0.1, 0.15) is 23.6 Å². The zero-order chi connectivity index (χ0) is 17.4. The number of nitrogens with one attached hydrogen (secondary N) is 2. The van der Waals surface area contributed by atoms with Crippen LogP contribution in [0.25, 0.3) is 0 Å². The Bertz CT molecular complexity index is 789. The SMILES string of the molecule is CC(=O)NCC(=O)NCc1ccc(C#Cc2ccccc2F)cc1. The highest BCUT2D eigenvalue weighted by Crippen LogP contribution is 2.06.